The van der Waals surface area contributed by atoms with Crippen molar-refractivity contribution in [1.82, 2.24) is 10.2 Å². The van der Waals surface area contributed by atoms with E-state index in [2.05, 4.69) is 5.32 Å². The van der Waals surface area contributed by atoms with Crippen LogP contribution in [-0.4, -0.2) is 43.8 Å². The van der Waals surface area contributed by atoms with Crippen LogP contribution in [0, 0.1) is 11.6 Å². The molecule has 5 heteroatoms. The molecular weight excluding hydrogens is 238 g/mol. The molecule has 18 heavy (non-hydrogen) atoms. The van der Waals surface area contributed by atoms with E-state index in [9.17, 15) is 13.9 Å². The third kappa shape index (κ3) is 4.01. The minimum Gasteiger partial charge on any atom is -0.394 e. The molecule has 1 aromatic carbocycles. The van der Waals surface area contributed by atoms with Crippen LogP contribution in [0.2, 0.25) is 0 Å². The number of hydrogen-bond donors (Lipinski definition) is 2. The Balaban J connectivity index is 2.85. The number of likely N-dealkylation sites (N-methyl/N-ethyl adjacent to an activating group) is 1. The molecule has 0 aliphatic rings. The number of nitrogens with one attached hydrogen (secondary N) is 1. The van der Waals surface area contributed by atoms with Gasteiger partial charge in [0.2, 0.25) is 0 Å². The molecule has 0 radical (unpaired) electrons. The molecule has 1 aromatic rings. The van der Waals surface area contributed by atoms with Crippen molar-refractivity contribution in [3.63, 3.8) is 0 Å². The number of benzene rings is 1. The highest BCUT2D eigenvalue weighted by molar-refractivity contribution is 5.25. The first kappa shape index (κ1) is 15.0. The highest BCUT2D eigenvalue weighted by atomic mass is 19.1. The summed E-state index contributed by atoms with van der Waals surface area (Å²) in [6.45, 7) is 2.87. The number of hydrogen-bond acceptors (Lipinski definition) is 3. The molecule has 2 N–H and O–H groups in total. The average molecular weight is 258 g/mol. The summed E-state index contributed by atoms with van der Waals surface area (Å²) < 4.78 is 26.4. The van der Waals surface area contributed by atoms with Gasteiger partial charge in [0.05, 0.1) is 12.1 Å². The molecule has 0 amide bonds. The third-order valence-electron chi connectivity index (χ3n) is 2.89. The van der Waals surface area contributed by atoms with Gasteiger partial charge in [-0.15, -0.1) is 0 Å². The van der Waals surface area contributed by atoms with Crippen LogP contribution in [0.15, 0.2) is 18.2 Å². The summed E-state index contributed by atoms with van der Waals surface area (Å²) in [5, 5.41) is 12.6. The van der Waals surface area contributed by atoms with Crippen LogP contribution in [0.5, 0.6) is 0 Å². The Morgan fingerprint density at radius 2 is 1.78 bits per heavy atom. The lowest BCUT2D eigenvalue weighted by atomic mass is 9.92. The summed E-state index contributed by atoms with van der Waals surface area (Å²) in [6, 6.07) is 3.30. The van der Waals surface area contributed by atoms with Gasteiger partial charge in [-0.25, -0.2) is 8.78 Å². The Labute approximate surface area is 106 Å². The van der Waals surface area contributed by atoms with Crippen molar-refractivity contribution in [2.45, 2.75) is 12.5 Å². The van der Waals surface area contributed by atoms with Crippen LogP contribution in [0.25, 0.3) is 0 Å². The van der Waals surface area contributed by atoms with Crippen LogP contribution < -0.4 is 5.32 Å². The topological polar surface area (TPSA) is 35.5 Å². The quantitative estimate of drug-likeness (QED) is 0.808. The van der Waals surface area contributed by atoms with Crippen molar-refractivity contribution < 1.29 is 13.9 Å². The Morgan fingerprint density at radius 1 is 1.22 bits per heavy atom. The first-order valence-electron chi connectivity index (χ1n) is 5.84. The summed E-state index contributed by atoms with van der Waals surface area (Å²) >= 11 is 0. The molecule has 0 aliphatic heterocycles. The molecule has 0 saturated heterocycles. The molecule has 0 heterocycles. The zero-order chi connectivity index (χ0) is 13.8. The molecule has 0 spiro atoms. The van der Waals surface area contributed by atoms with Crippen LogP contribution in [0.1, 0.15) is 12.5 Å². The molecule has 0 bridgehead atoms. The second-order valence-corrected chi connectivity index (χ2v) is 4.88. The van der Waals surface area contributed by atoms with Crippen molar-refractivity contribution in [3.05, 3.63) is 35.4 Å². The van der Waals surface area contributed by atoms with E-state index in [-0.39, 0.29) is 6.61 Å². The molecule has 1 unspecified atom stereocenters. The van der Waals surface area contributed by atoms with Crippen LogP contribution >= 0.6 is 0 Å². The van der Waals surface area contributed by atoms with Gasteiger partial charge in [0.25, 0.3) is 0 Å². The van der Waals surface area contributed by atoms with Gasteiger partial charge in [0.1, 0.15) is 11.6 Å². The van der Waals surface area contributed by atoms with Gasteiger partial charge in [-0.2, -0.15) is 0 Å². The van der Waals surface area contributed by atoms with Crippen molar-refractivity contribution >= 4 is 0 Å². The van der Waals surface area contributed by atoms with E-state index in [0.717, 1.165) is 12.6 Å². The number of rotatable bonds is 6. The maximum atomic E-state index is 13.2. The average Bonchev–Trinajstić information content (AvgIpc) is 2.27. The van der Waals surface area contributed by atoms with E-state index in [1.54, 1.807) is 6.92 Å². The molecule has 0 fully saturated rings. The molecule has 0 saturated carbocycles. The molecule has 1 atom stereocenters. The number of aliphatic hydroxyl groups is 1. The van der Waals surface area contributed by atoms with Gasteiger partial charge in [-0.1, -0.05) is 0 Å². The Hall–Kier alpha value is -1.04. The van der Waals surface area contributed by atoms with Gasteiger partial charge in [0, 0.05) is 19.2 Å². The third-order valence-corrected chi connectivity index (χ3v) is 2.89. The van der Waals surface area contributed by atoms with E-state index < -0.39 is 17.2 Å². The van der Waals surface area contributed by atoms with E-state index in [1.807, 2.05) is 19.0 Å². The summed E-state index contributed by atoms with van der Waals surface area (Å²) in [7, 11) is 3.86. The second kappa shape index (κ2) is 6.22. The largest absolute Gasteiger partial charge is 0.394 e. The number of halogens is 2. The summed E-state index contributed by atoms with van der Waals surface area (Å²) in [5.74, 6) is -1.28. The summed E-state index contributed by atoms with van der Waals surface area (Å²) in [6.07, 6.45) is 0. The predicted molar refractivity (Wildman–Crippen MR) is 67.4 cm³/mol. The van der Waals surface area contributed by atoms with Crippen molar-refractivity contribution in [1.29, 1.82) is 0 Å². The summed E-state index contributed by atoms with van der Waals surface area (Å²) in [4.78, 5) is 1.98. The molecule has 0 aromatic heterocycles. The van der Waals surface area contributed by atoms with Gasteiger partial charge in [-0.3, -0.25) is 0 Å². The lowest BCUT2D eigenvalue weighted by molar-refractivity contribution is 0.171. The van der Waals surface area contributed by atoms with Crippen molar-refractivity contribution in [2.75, 3.05) is 33.8 Å². The minimum atomic E-state index is -0.848. The Kier molecular flexibility index (Phi) is 5.19. The fourth-order valence-corrected chi connectivity index (χ4v) is 1.68. The van der Waals surface area contributed by atoms with Crippen molar-refractivity contribution in [3.8, 4) is 0 Å². The maximum Gasteiger partial charge on any atom is 0.126 e. The van der Waals surface area contributed by atoms with Gasteiger partial charge < -0.3 is 15.3 Å². The smallest absolute Gasteiger partial charge is 0.126 e. The van der Waals surface area contributed by atoms with Gasteiger partial charge in [0.15, 0.2) is 0 Å². The molecule has 102 valence electrons. The minimum absolute atomic E-state index is 0.233. The lowest BCUT2D eigenvalue weighted by Gasteiger charge is -2.30. The maximum absolute atomic E-state index is 13.2. The van der Waals surface area contributed by atoms with Crippen LogP contribution in [-0.2, 0) is 5.54 Å². The second-order valence-electron chi connectivity index (χ2n) is 4.88. The lowest BCUT2D eigenvalue weighted by Crippen LogP contribution is -2.45. The normalized spacial score (nSPS) is 14.8. The molecule has 0 aliphatic carbocycles. The van der Waals surface area contributed by atoms with E-state index in [1.165, 1.54) is 12.1 Å². The monoisotopic (exact) mass is 258 g/mol. The number of aliphatic hydroxyl groups excluding tert-OH is 1. The van der Waals surface area contributed by atoms with E-state index in [0.29, 0.717) is 12.1 Å². The SMILES string of the molecule is CN(C)CCNC(C)(CO)c1cc(F)cc(F)c1. The molecule has 1 rings (SSSR count). The first-order valence-corrected chi connectivity index (χ1v) is 5.84. The Bertz CT molecular complexity index is 378. The van der Waals surface area contributed by atoms with E-state index >= 15 is 0 Å². The highest BCUT2D eigenvalue weighted by Gasteiger charge is 2.26. The van der Waals surface area contributed by atoms with Crippen molar-refractivity contribution in [2.24, 2.45) is 0 Å². The zero-order valence-corrected chi connectivity index (χ0v) is 11.0. The van der Waals surface area contributed by atoms with Crippen LogP contribution in [0.4, 0.5) is 8.78 Å². The highest BCUT2D eigenvalue weighted by Crippen LogP contribution is 2.22. The molecule has 3 nitrogen and oxygen atoms in total. The first-order chi connectivity index (χ1) is 8.37. The van der Waals surface area contributed by atoms with Gasteiger partial charge >= 0.3 is 0 Å². The standard InChI is InChI=1S/C13H20F2N2O/c1-13(9-18,16-4-5-17(2)3)10-6-11(14)8-12(15)7-10/h6-8,16,18H,4-5,9H2,1-3H3. The van der Waals surface area contributed by atoms with Gasteiger partial charge in [-0.05, 0) is 38.7 Å². The zero-order valence-electron chi connectivity index (χ0n) is 11.0. The number of nitrogens with zero attached hydrogens (tertiary/aromatic N) is 1. The van der Waals surface area contributed by atoms with Crippen LogP contribution in [0.3, 0.4) is 0 Å². The fourth-order valence-electron chi connectivity index (χ4n) is 1.68. The predicted octanol–water partition coefficient (Wildman–Crippen LogP) is 1.32. The molecular formula is C13H20F2N2O. The van der Waals surface area contributed by atoms with E-state index in [4.69, 9.17) is 0 Å². The fraction of sp³-hybridized carbons (Fsp3) is 0.538. The Morgan fingerprint density at radius 3 is 2.22 bits per heavy atom. The summed E-state index contributed by atoms with van der Waals surface area (Å²) in [5.41, 5.74) is -0.444.